The Kier molecular flexibility index (Phi) is 13.7. The van der Waals surface area contributed by atoms with Crippen LogP contribution in [0, 0.1) is 11.6 Å². The molecule has 4 rings (SSSR count). The Hall–Kier alpha value is -3.44. The second-order valence-corrected chi connectivity index (χ2v) is 9.51. The molecule has 2 fully saturated rings. The second-order valence-electron chi connectivity index (χ2n) is 9.51. The highest BCUT2D eigenvalue weighted by Crippen LogP contribution is 2.30. The molecule has 44 heavy (non-hydrogen) atoms. The lowest BCUT2D eigenvalue weighted by Crippen LogP contribution is -2.57. The highest BCUT2D eigenvalue weighted by atomic mass is 19.1. The van der Waals surface area contributed by atoms with Gasteiger partial charge in [-0.25, -0.2) is 18.4 Å². The van der Waals surface area contributed by atoms with E-state index in [1.54, 1.807) is 0 Å². The lowest BCUT2D eigenvalue weighted by atomic mass is 9.99. The summed E-state index contributed by atoms with van der Waals surface area (Å²) >= 11 is 0. The van der Waals surface area contributed by atoms with Crippen LogP contribution in [0.25, 0.3) is 0 Å². The van der Waals surface area contributed by atoms with Crippen molar-refractivity contribution in [3.63, 3.8) is 0 Å². The number of aliphatic hydroxyl groups excluding tert-OH is 3. The summed E-state index contributed by atoms with van der Waals surface area (Å²) in [4.78, 5) is 25.0. The van der Waals surface area contributed by atoms with E-state index >= 15 is 0 Å². The number of carbonyl (C=O) groups excluding carboxylic acids is 2. The number of anilines is 2. The summed E-state index contributed by atoms with van der Waals surface area (Å²) in [7, 11) is 1.38. The Balaban J connectivity index is 0.00000259. The van der Waals surface area contributed by atoms with Crippen LogP contribution in [0.2, 0.25) is 0 Å². The molecule has 0 spiro atoms. The first-order chi connectivity index (χ1) is 21.2. The molecular formula is C29H38F2N2O11. The summed E-state index contributed by atoms with van der Waals surface area (Å²) in [6, 6.07) is 10.7. The van der Waals surface area contributed by atoms with Gasteiger partial charge < -0.3 is 43.7 Å². The van der Waals surface area contributed by atoms with E-state index < -0.39 is 86.2 Å². The Morgan fingerprint density at radius 2 is 1.36 bits per heavy atom. The molecule has 2 aliphatic heterocycles. The van der Waals surface area contributed by atoms with Crippen LogP contribution in [-0.4, -0.2) is 97.0 Å². The maximum absolute atomic E-state index is 14.0. The van der Waals surface area contributed by atoms with Crippen molar-refractivity contribution < 1.29 is 62.1 Å². The molecule has 244 valence electrons. The molecule has 2 aliphatic rings. The van der Waals surface area contributed by atoms with E-state index in [1.165, 1.54) is 43.5 Å². The van der Waals surface area contributed by atoms with Gasteiger partial charge in [0.05, 0.1) is 30.2 Å². The molecule has 0 aromatic heterocycles. The van der Waals surface area contributed by atoms with Gasteiger partial charge in [0, 0.05) is 20.0 Å². The van der Waals surface area contributed by atoms with Gasteiger partial charge in [0.1, 0.15) is 36.6 Å². The number of halogens is 2. The van der Waals surface area contributed by atoms with E-state index in [1.807, 2.05) is 13.8 Å². The van der Waals surface area contributed by atoms with Crippen molar-refractivity contribution in [2.75, 3.05) is 31.0 Å². The van der Waals surface area contributed by atoms with Crippen LogP contribution in [0.15, 0.2) is 48.5 Å². The predicted molar refractivity (Wildman–Crippen MR) is 151 cm³/mol. The number of hydrogen-bond acceptors (Lipinski definition) is 11. The van der Waals surface area contributed by atoms with E-state index in [-0.39, 0.29) is 24.2 Å². The zero-order chi connectivity index (χ0) is 32.2. The molecule has 2 saturated heterocycles. The van der Waals surface area contributed by atoms with Gasteiger partial charge in [-0.1, -0.05) is 38.1 Å². The molecular weight excluding hydrogens is 590 g/mol. The van der Waals surface area contributed by atoms with Crippen LogP contribution in [0.5, 0.6) is 0 Å². The average Bonchev–Trinajstić information content (AvgIpc) is 3.01. The Morgan fingerprint density at radius 1 is 0.841 bits per heavy atom. The standard InChI is InChI=1S/C27H32F2N2O11.C2H6/c1-37-22-10-18(33)24(20(12-32)39-22)41-23-11-19(34)25(42-27(36)31-17-9-5-3-7-15(17)29)21(40-23)13-38-26(35)30-16-8-4-2-6-14(16)28;1-2/h2-9,18-25,32-34H,10-13H2,1H3,(H,30,35)(H,31,36);1-2H3/t18?,19?,20?,21?,22?,23?,24-,25-;/m0./s1. The third-order valence-corrected chi connectivity index (χ3v) is 6.61. The molecule has 0 aliphatic carbocycles. The third-order valence-electron chi connectivity index (χ3n) is 6.61. The van der Waals surface area contributed by atoms with Gasteiger partial charge in [-0.05, 0) is 24.3 Å². The SMILES string of the molecule is CC.COC1CC(O)[C@H](OC2CC(O)[C@H](OC(=O)Nc3ccccc3F)C(COC(=O)Nc3ccccc3F)O2)C(CO)O1. The molecule has 0 saturated carbocycles. The van der Waals surface area contributed by atoms with E-state index in [4.69, 9.17) is 28.4 Å². The minimum absolute atomic E-state index is 0.0254. The summed E-state index contributed by atoms with van der Waals surface area (Å²) in [5.41, 5.74) is -0.330. The Labute approximate surface area is 253 Å². The molecule has 5 N–H and O–H groups in total. The summed E-state index contributed by atoms with van der Waals surface area (Å²) in [5, 5.41) is 35.7. The molecule has 2 aromatic rings. The van der Waals surface area contributed by atoms with Crippen molar-refractivity contribution in [1.29, 1.82) is 0 Å². The maximum Gasteiger partial charge on any atom is 0.412 e. The Morgan fingerprint density at radius 3 is 1.93 bits per heavy atom. The number of aliphatic hydroxyl groups is 3. The molecule has 2 heterocycles. The zero-order valence-corrected chi connectivity index (χ0v) is 24.4. The first-order valence-electron chi connectivity index (χ1n) is 14.0. The van der Waals surface area contributed by atoms with Crippen LogP contribution in [0.4, 0.5) is 29.7 Å². The number of carbonyl (C=O) groups is 2. The van der Waals surface area contributed by atoms with Crippen molar-refractivity contribution in [3.05, 3.63) is 60.2 Å². The summed E-state index contributed by atoms with van der Waals surface area (Å²) in [6.45, 7) is 2.87. The van der Waals surface area contributed by atoms with Gasteiger partial charge in [0.2, 0.25) is 0 Å². The largest absolute Gasteiger partial charge is 0.446 e. The topological polar surface area (TPSA) is 174 Å². The smallest absolute Gasteiger partial charge is 0.412 e. The number of methoxy groups -OCH3 is 1. The van der Waals surface area contributed by atoms with Gasteiger partial charge >= 0.3 is 12.2 Å². The first kappa shape index (κ1) is 35.0. The van der Waals surface area contributed by atoms with Crippen LogP contribution >= 0.6 is 0 Å². The van der Waals surface area contributed by atoms with Crippen molar-refractivity contribution in [1.82, 2.24) is 0 Å². The molecule has 13 nitrogen and oxygen atoms in total. The Bertz CT molecular complexity index is 1210. The van der Waals surface area contributed by atoms with E-state index in [9.17, 15) is 33.7 Å². The van der Waals surface area contributed by atoms with Gasteiger partial charge in [0.15, 0.2) is 18.7 Å². The second kappa shape index (κ2) is 17.2. The van der Waals surface area contributed by atoms with Crippen molar-refractivity contribution in [2.45, 2.75) is 75.9 Å². The van der Waals surface area contributed by atoms with E-state index in [2.05, 4.69) is 10.6 Å². The van der Waals surface area contributed by atoms with Crippen molar-refractivity contribution in [2.24, 2.45) is 0 Å². The van der Waals surface area contributed by atoms with Crippen molar-refractivity contribution >= 4 is 23.6 Å². The van der Waals surface area contributed by atoms with E-state index in [0.29, 0.717) is 0 Å². The summed E-state index contributed by atoms with van der Waals surface area (Å²) in [5.74, 6) is -1.43. The fourth-order valence-corrected chi connectivity index (χ4v) is 4.53. The normalized spacial score (nSPS) is 28.2. The average molecular weight is 629 g/mol. The number of benzene rings is 2. The summed E-state index contributed by atoms with van der Waals surface area (Å²) in [6.07, 6.45) is -11.9. The minimum Gasteiger partial charge on any atom is -0.446 e. The van der Waals surface area contributed by atoms with Crippen LogP contribution in [0.3, 0.4) is 0 Å². The molecule has 0 radical (unpaired) electrons. The van der Waals surface area contributed by atoms with Crippen molar-refractivity contribution in [3.8, 4) is 0 Å². The molecule has 15 heteroatoms. The fraction of sp³-hybridized carbons (Fsp3) is 0.517. The van der Waals surface area contributed by atoms with Gasteiger partial charge in [-0.15, -0.1) is 0 Å². The highest BCUT2D eigenvalue weighted by Gasteiger charge is 2.46. The molecule has 2 amide bonds. The zero-order valence-electron chi connectivity index (χ0n) is 24.4. The van der Waals surface area contributed by atoms with E-state index in [0.717, 1.165) is 12.1 Å². The lowest BCUT2D eigenvalue weighted by Gasteiger charge is -2.43. The van der Waals surface area contributed by atoms with Gasteiger partial charge in [-0.3, -0.25) is 10.6 Å². The predicted octanol–water partition coefficient (Wildman–Crippen LogP) is 3.13. The number of amides is 2. The molecule has 0 bridgehead atoms. The summed E-state index contributed by atoms with van der Waals surface area (Å²) < 4.78 is 60.8. The molecule has 2 aromatic carbocycles. The first-order valence-corrected chi connectivity index (χ1v) is 14.0. The van der Waals surface area contributed by atoms with Crippen LogP contribution in [0.1, 0.15) is 26.7 Å². The lowest BCUT2D eigenvalue weighted by molar-refractivity contribution is -0.317. The number of rotatable bonds is 9. The van der Waals surface area contributed by atoms with Crippen LogP contribution in [-0.2, 0) is 28.4 Å². The quantitative estimate of drug-likeness (QED) is 0.276. The monoisotopic (exact) mass is 628 g/mol. The fourth-order valence-electron chi connectivity index (χ4n) is 4.53. The number of hydrogen-bond donors (Lipinski definition) is 5. The number of para-hydroxylation sites is 2. The highest BCUT2D eigenvalue weighted by molar-refractivity contribution is 5.85. The third kappa shape index (κ3) is 9.53. The minimum atomic E-state index is -1.45. The maximum atomic E-state index is 14.0. The van der Waals surface area contributed by atoms with Gasteiger partial charge in [-0.2, -0.15) is 0 Å². The van der Waals surface area contributed by atoms with Crippen LogP contribution < -0.4 is 10.6 Å². The van der Waals surface area contributed by atoms with Gasteiger partial charge in [0.25, 0.3) is 0 Å². The molecule has 8 atom stereocenters. The number of nitrogens with one attached hydrogen (secondary N) is 2. The molecule has 6 unspecified atom stereocenters. The number of ether oxygens (including phenoxy) is 6.